The molecule has 2 amide bonds. The van der Waals surface area contributed by atoms with Crippen molar-refractivity contribution in [2.75, 3.05) is 10.6 Å². The van der Waals surface area contributed by atoms with Crippen molar-refractivity contribution in [2.24, 2.45) is 0 Å². The van der Waals surface area contributed by atoms with Crippen LogP contribution in [0.15, 0.2) is 24.3 Å². The lowest BCUT2D eigenvalue weighted by molar-refractivity contribution is -0.116. The standard InChI is InChI=1S/C18H20N4O2/c1-10(23)19-13-7-5-11(6-8-13)14-9-15(24)20-18-16(14)17(21-22-18)12-3-2-4-12/h5-8,12,14H,2-4,9H2,1H3,(H,19,23)(H2,20,21,22,24). The number of carbonyl (C=O) groups is 2. The van der Waals surface area contributed by atoms with E-state index in [0.717, 1.165) is 16.8 Å². The maximum absolute atomic E-state index is 12.1. The van der Waals surface area contributed by atoms with Crippen LogP contribution in [-0.4, -0.2) is 22.0 Å². The van der Waals surface area contributed by atoms with Crippen molar-refractivity contribution in [3.8, 4) is 0 Å². The van der Waals surface area contributed by atoms with Crippen LogP contribution < -0.4 is 10.6 Å². The van der Waals surface area contributed by atoms with E-state index in [2.05, 4.69) is 20.8 Å². The van der Waals surface area contributed by atoms with E-state index >= 15 is 0 Å². The van der Waals surface area contributed by atoms with Crippen molar-refractivity contribution in [1.29, 1.82) is 0 Å². The fourth-order valence-electron chi connectivity index (χ4n) is 3.58. The number of hydrogen-bond acceptors (Lipinski definition) is 3. The van der Waals surface area contributed by atoms with Crippen LogP contribution >= 0.6 is 0 Å². The highest BCUT2D eigenvalue weighted by Gasteiger charge is 2.35. The molecular formula is C18H20N4O2. The Bertz CT molecular complexity index is 790. The van der Waals surface area contributed by atoms with E-state index in [1.54, 1.807) is 0 Å². The molecule has 124 valence electrons. The SMILES string of the molecule is CC(=O)Nc1ccc(C2CC(=O)Nc3n[nH]c(C4CCC4)c32)cc1. The van der Waals surface area contributed by atoms with Gasteiger partial charge in [-0.25, -0.2) is 0 Å². The third-order valence-electron chi connectivity index (χ3n) is 4.98. The van der Waals surface area contributed by atoms with Gasteiger partial charge in [0.15, 0.2) is 5.82 Å². The number of rotatable bonds is 3. The molecule has 1 atom stereocenters. The minimum absolute atomic E-state index is 0.00878. The number of amides is 2. The number of fused-ring (bicyclic) bond motifs is 1. The minimum atomic E-state index is -0.0933. The second-order valence-electron chi connectivity index (χ2n) is 6.64. The Morgan fingerprint density at radius 3 is 2.62 bits per heavy atom. The molecule has 6 heteroatoms. The van der Waals surface area contributed by atoms with E-state index in [0.29, 0.717) is 18.2 Å². The number of aromatic nitrogens is 2. The first-order chi connectivity index (χ1) is 11.6. The number of benzene rings is 1. The minimum Gasteiger partial charge on any atom is -0.326 e. The molecule has 2 aromatic rings. The van der Waals surface area contributed by atoms with Crippen LogP contribution in [0.5, 0.6) is 0 Å². The number of nitrogens with zero attached hydrogens (tertiary/aromatic N) is 1. The van der Waals surface area contributed by atoms with Gasteiger partial charge in [-0.3, -0.25) is 14.7 Å². The lowest BCUT2D eigenvalue weighted by atomic mass is 9.77. The largest absolute Gasteiger partial charge is 0.326 e. The van der Waals surface area contributed by atoms with Crippen molar-refractivity contribution in [3.63, 3.8) is 0 Å². The number of nitrogens with one attached hydrogen (secondary N) is 3. The van der Waals surface area contributed by atoms with Crippen LogP contribution in [0.3, 0.4) is 0 Å². The Hall–Kier alpha value is -2.63. The van der Waals surface area contributed by atoms with Gasteiger partial charge in [0, 0.05) is 42.1 Å². The topological polar surface area (TPSA) is 86.9 Å². The zero-order valence-corrected chi connectivity index (χ0v) is 13.6. The summed E-state index contributed by atoms with van der Waals surface area (Å²) in [5, 5.41) is 13.1. The summed E-state index contributed by atoms with van der Waals surface area (Å²) in [6.45, 7) is 1.49. The number of hydrogen-bond donors (Lipinski definition) is 3. The van der Waals surface area contributed by atoms with Crippen LogP contribution in [0.1, 0.15) is 61.3 Å². The second-order valence-corrected chi connectivity index (χ2v) is 6.64. The fraction of sp³-hybridized carbons (Fsp3) is 0.389. The summed E-state index contributed by atoms with van der Waals surface area (Å²) in [5.41, 5.74) is 4.14. The average Bonchev–Trinajstić information content (AvgIpc) is 2.88. The van der Waals surface area contributed by atoms with Gasteiger partial charge in [-0.1, -0.05) is 18.6 Å². The number of H-pyrrole nitrogens is 1. The lowest BCUT2D eigenvalue weighted by Gasteiger charge is -2.29. The molecule has 4 rings (SSSR count). The number of anilines is 2. The summed E-state index contributed by atoms with van der Waals surface area (Å²) in [4.78, 5) is 23.2. The smallest absolute Gasteiger partial charge is 0.226 e. The molecule has 1 saturated carbocycles. The monoisotopic (exact) mass is 324 g/mol. The number of carbonyl (C=O) groups excluding carboxylic acids is 2. The quantitative estimate of drug-likeness (QED) is 0.810. The molecule has 1 fully saturated rings. The second kappa shape index (κ2) is 5.78. The van der Waals surface area contributed by atoms with Gasteiger partial charge in [-0.05, 0) is 30.5 Å². The molecule has 1 unspecified atom stereocenters. The van der Waals surface area contributed by atoms with Gasteiger partial charge in [0.25, 0.3) is 0 Å². The van der Waals surface area contributed by atoms with Gasteiger partial charge < -0.3 is 10.6 Å². The van der Waals surface area contributed by atoms with Gasteiger partial charge in [-0.15, -0.1) is 0 Å². The third kappa shape index (κ3) is 2.58. The fourth-order valence-corrected chi connectivity index (χ4v) is 3.58. The van der Waals surface area contributed by atoms with E-state index in [4.69, 9.17) is 0 Å². The van der Waals surface area contributed by atoms with Crippen molar-refractivity contribution in [2.45, 2.75) is 44.4 Å². The molecule has 2 aliphatic rings. The molecule has 1 aromatic carbocycles. The molecule has 0 spiro atoms. The summed E-state index contributed by atoms with van der Waals surface area (Å²) in [7, 11) is 0. The predicted octanol–water partition coefficient (Wildman–Crippen LogP) is 3.11. The van der Waals surface area contributed by atoms with E-state index in [1.807, 2.05) is 24.3 Å². The van der Waals surface area contributed by atoms with Crippen molar-refractivity contribution in [1.82, 2.24) is 10.2 Å². The summed E-state index contributed by atoms with van der Waals surface area (Å²) < 4.78 is 0. The Morgan fingerprint density at radius 2 is 2.00 bits per heavy atom. The van der Waals surface area contributed by atoms with Gasteiger partial charge in [0.05, 0.1) is 0 Å². The molecule has 1 aliphatic heterocycles. The summed E-state index contributed by atoms with van der Waals surface area (Å²) in [6.07, 6.45) is 4.03. The van der Waals surface area contributed by atoms with E-state index in [9.17, 15) is 9.59 Å². The van der Waals surface area contributed by atoms with Gasteiger partial charge in [0.1, 0.15) is 0 Å². The first kappa shape index (κ1) is 14.9. The Balaban J connectivity index is 1.69. The first-order valence-corrected chi connectivity index (χ1v) is 8.37. The van der Waals surface area contributed by atoms with Gasteiger partial charge in [0.2, 0.25) is 11.8 Å². The summed E-state index contributed by atoms with van der Waals surface area (Å²) in [5.74, 6) is 1.10. The van der Waals surface area contributed by atoms with Crippen LogP contribution in [-0.2, 0) is 9.59 Å². The normalized spacial score (nSPS) is 20.0. The zero-order valence-electron chi connectivity index (χ0n) is 13.6. The van der Waals surface area contributed by atoms with Crippen LogP contribution in [0, 0.1) is 0 Å². The molecule has 1 aromatic heterocycles. The molecule has 2 heterocycles. The molecule has 0 bridgehead atoms. The van der Waals surface area contributed by atoms with Crippen molar-refractivity contribution in [3.05, 3.63) is 41.1 Å². The molecule has 1 aliphatic carbocycles. The molecule has 24 heavy (non-hydrogen) atoms. The predicted molar refractivity (Wildman–Crippen MR) is 91.0 cm³/mol. The number of aromatic amines is 1. The van der Waals surface area contributed by atoms with E-state index < -0.39 is 0 Å². The maximum Gasteiger partial charge on any atom is 0.226 e. The van der Waals surface area contributed by atoms with E-state index in [-0.39, 0.29) is 17.7 Å². The molecule has 0 saturated heterocycles. The summed E-state index contributed by atoms with van der Waals surface area (Å²) in [6, 6.07) is 7.73. The lowest BCUT2D eigenvalue weighted by Crippen LogP contribution is -2.24. The van der Waals surface area contributed by atoms with Gasteiger partial charge in [-0.2, -0.15) is 5.10 Å². The Morgan fingerprint density at radius 1 is 1.25 bits per heavy atom. The molecule has 6 nitrogen and oxygen atoms in total. The van der Waals surface area contributed by atoms with Crippen molar-refractivity contribution < 1.29 is 9.59 Å². The highest BCUT2D eigenvalue weighted by Crippen LogP contribution is 2.45. The molecule has 3 N–H and O–H groups in total. The third-order valence-corrected chi connectivity index (χ3v) is 4.98. The summed E-state index contributed by atoms with van der Waals surface area (Å²) >= 11 is 0. The average molecular weight is 324 g/mol. The highest BCUT2D eigenvalue weighted by molar-refractivity contribution is 5.94. The highest BCUT2D eigenvalue weighted by atomic mass is 16.2. The van der Waals surface area contributed by atoms with Crippen LogP contribution in [0.2, 0.25) is 0 Å². The zero-order chi connectivity index (χ0) is 16.7. The maximum atomic E-state index is 12.1. The first-order valence-electron chi connectivity index (χ1n) is 8.37. The van der Waals surface area contributed by atoms with Crippen molar-refractivity contribution >= 4 is 23.3 Å². The molecular weight excluding hydrogens is 304 g/mol. The van der Waals surface area contributed by atoms with Crippen LogP contribution in [0.4, 0.5) is 11.5 Å². The molecule has 0 radical (unpaired) electrons. The van der Waals surface area contributed by atoms with Gasteiger partial charge >= 0.3 is 0 Å². The Kier molecular flexibility index (Phi) is 3.59. The van der Waals surface area contributed by atoms with Crippen LogP contribution in [0.25, 0.3) is 0 Å². The van der Waals surface area contributed by atoms with E-state index in [1.165, 1.54) is 31.9 Å². The Labute approximate surface area is 140 Å².